The van der Waals surface area contributed by atoms with Crippen molar-refractivity contribution in [2.24, 2.45) is 0 Å². The molecule has 5 aromatic rings. The van der Waals surface area contributed by atoms with Crippen molar-refractivity contribution in [2.45, 2.75) is 32.1 Å². The average Bonchev–Trinajstić information content (AvgIpc) is 3.45. The van der Waals surface area contributed by atoms with E-state index < -0.39 is 17.8 Å². The maximum absolute atomic E-state index is 13.5. The minimum absolute atomic E-state index is 0.228. The molecule has 2 aromatic heterocycles. The first-order valence-corrected chi connectivity index (χ1v) is 13.9. The van der Waals surface area contributed by atoms with E-state index >= 15 is 0 Å². The number of anilines is 1. The fraction of sp³-hybridized carbons (Fsp3) is 0.290. The van der Waals surface area contributed by atoms with E-state index in [1.54, 1.807) is 10.7 Å². The van der Waals surface area contributed by atoms with Crippen LogP contribution in [-0.4, -0.2) is 56.3 Å². The van der Waals surface area contributed by atoms with Crippen molar-refractivity contribution in [1.29, 1.82) is 0 Å². The number of rotatable bonds is 7. The standard InChI is InChI=1S/C31H30F3N7O/c1-21-10-11-27-23(18-21)19-26(30(42)35-27)28(29-36-37-38-41(29)13-12-22-6-3-2-4-7-22)40-16-14-39(15-17-40)25-9-5-8-24(20-25)31(32,33)34/h2-11,18-20,28H,12-17H2,1H3,(H,35,42). The second-order valence-electron chi connectivity index (χ2n) is 10.6. The Kier molecular flexibility index (Phi) is 7.51. The number of benzene rings is 3. The first kappa shape index (κ1) is 27.6. The topological polar surface area (TPSA) is 82.9 Å². The molecule has 3 aromatic carbocycles. The van der Waals surface area contributed by atoms with Crippen LogP contribution in [0.3, 0.4) is 0 Å². The number of hydrogen-bond acceptors (Lipinski definition) is 6. The Morgan fingerprint density at radius 3 is 2.48 bits per heavy atom. The van der Waals surface area contributed by atoms with Crippen molar-refractivity contribution in [3.8, 4) is 0 Å². The third kappa shape index (κ3) is 5.78. The zero-order chi connectivity index (χ0) is 29.3. The van der Waals surface area contributed by atoms with Crippen LogP contribution in [0.5, 0.6) is 0 Å². The molecule has 0 bridgehead atoms. The van der Waals surface area contributed by atoms with Crippen molar-refractivity contribution >= 4 is 16.6 Å². The van der Waals surface area contributed by atoms with Gasteiger partial charge in [-0.15, -0.1) is 5.10 Å². The third-order valence-corrected chi connectivity index (χ3v) is 7.80. The Hall–Kier alpha value is -4.51. The van der Waals surface area contributed by atoms with E-state index in [2.05, 4.69) is 25.4 Å². The zero-order valence-electron chi connectivity index (χ0n) is 23.1. The van der Waals surface area contributed by atoms with Crippen LogP contribution in [-0.2, 0) is 19.1 Å². The predicted octanol–water partition coefficient (Wildman–Crippen LogP) is 5.00. The minimum Gasteiger partial charge on any atom is -0.369 e. The molecule has 6 rings (SSSR count). The van der Waals surface area contributed by atoms with Gasteiger partial charge in [0.25, 0.3) is 5.56 Å². The summed E-state index contributed by atoms with van der Waals surface area (Å²) < 4.78 is 41.8. The zero-order valence-corrected chi connectivity index (χ0v) is 23.1. The number of nitrogens with one attached hydrogen (secondary N) is 1. The fourth-order valence-corrected chi connectivity index (χ4v) is 5.61. The van der Waals surface area contributed by atoms with E-state index in [-0.39, 0.29) is 5.56 Å². The van der Waals surface area contributed by atoms with Crippen LogP contribution in [0.1, 0.15) is 34.1 Å². The minimum atomic E-state index is -4.41. The number of aromatic nitrogens is 5. The van der Waals surface area contributed by atoms with E-state index in [0.717, 1.165) is 28.1 Å². The number of aryl methyl sites for hydroxylation is 3. The lowest BCUT2D eigenvalue weighted by molar-refractivity contribution is -0.137. The van der Waals surface area contributed by atoms with Crippen LogP contribution in [0.15, 0.2) is 83.7 Å². The Balaban J connectivity index is 1.33. The van der Waals surface area contributed by atoms with Gasteiger partial charge in [-0.25, -0.2) is 4.68 Å². The normalized spacial score (nSPS) is 15.3. The van der Waals surface area contributed by atoms with Crippen molar-refractivity contribution < 1.29 is 13.2 Å². The van der Waals surface area contributed by atoms with Crippen molar-refractivity contribution in [3.05, 3.63) is 117 Å². The van der Waals surface area contributed by atoms with E-state index in [9.17, 15) is 18.0 Å². The van der Waals surface area contributed by atoms with Crippen LogP contribution in [0, 0.1) is 6.92 Å². The van der Waals surface area contributed by atoms with Gasteiger partial charge in [0.2, 0.25) is 0 Å². The molecular weight excluding hydrogens is 543 g/mol. The summed E-state index contributed by atoms with van der Waals surface area (Å²) in [5, 5.41) is 13.6. The monoisotopic (exact) mass is 573 g/mol. The molecule has 0 radical (unpaired) electrons. The van der Waals surface area contributed by atoms with Crippen LogP contribution >= 0.6 is 0 Å². The lowest BCUT2D eigenvalue weighted by Gasteiger charge is -2.39. The molecule has 1 atom stereocenters. The smallest absolute Gasteiger partial charge is 0.369 e. The highest BCUT2D eigenvalue weighted by Crippen LogP contribution is 2.33. The number of tetrazole rings is 1. The number of H-pyrrole nitrogens is 1. The van der Waals surface area contributed by atoms with E-state index in [1.165, 1.54) is 12.1 Å². The van der Waals surface area contributed by atoms with Gasteiger partial charge in [-0.2, -0.15) is 13.2 Å². The molecule has 0 spiro atoms. The van der Waals surface area contributed by atoms with Crippen LogP contribution in [0.4, 0.5) is 18.9 Å². The summed E-state index contributed by atoms with van der Waals surface area (Å²) in [6.07, 6.45) is -3.70. The number of nitrogens with zero attached hydrogens (tertiary/aromatic N) is 6. The van der Waals surface area contributed by atoms with Gasteiger partial charge in [0, 0.05) is 49.5 Å². The van der Waals surface area contributed by atoms with Gasteiger partial charge in [0.15, 0.2) is 5.82 Å². The summed E-state index contributed by atoms with van der Waals surface area (Å²) >= 11 is 0. The number of piperazine rings is 1. The molecule has 1 unspecified atom stereocenters. The molecule has 1 fully saturated rings. The van der Waals surface area contributed by atoms with Crippen LogP contribution < -0.4 is 10.5 Å². The molecule has 0 saturated carbocycles. The summed E-state index contributed by atoms with van der Waals surface area (Å²) in [5.41, 5.74) is 3.10. The molecule has 216 valence electrons. The lowest BCUT2D eigenvalue weighted by Crippen LogP contribution is -2.49. The van der Waals surface area contributed by atoms with Crippen molar-refractivity contribution in [2.75, 3.05) is 31.1 Å². The van der Waals surface area contributed by atoms with Gasteiger partial charge >= 0.3 is 6.18 Å². The quantitative estimate of drug-likeness (QED) is 0.295. The Bertz CT molecular complexity index is 1740. The van der Waals surface area contributed by atoms with Gasteiger partial charge < -0.3 is 9.88 Å². The summed E-state index contributed by atoms with van der Waals surface area (Å²) in [6, 6.07) is 22.7. The summed E-state index contributed by atoms with van der Waals surface area (Å²) in [5.74, 6) is 0.552. The Morgan fingerprint density at radius 1 is 0.929 bits per heavy atom. The third-order valence-electron chi connectivity index (χ3n) is 7.80. The molecule has 42 heavy (non-hydrogen) atoms. The highest BCUT2D eigenvalue weighted by atomic mass is 19.4. The maximum Gasteiger partial charge on any atom is 0.416 e. The van der Waals surface area contributed by atoms with Crippen molar-refractivity contribution in [3.63, 3.8) is 0 Å². The van der Waals surface area contributed by atoms with Gasteiger partial charge in [-0.1, -0.05) is 48.0 Å². The molecule has 0 aliphatic carbocycles. The van der Waals surface area contributed by atoms with E-state index in [0.29, 0.717) is 56.2 Å². The van der Waals surface area contributed by atoms with Crippen LogP contribution in [0.2, 0.25) is 0 Å². The molecule has 1 aliphatic rings. The molecule has 1 aliphatic heterocycles. The van der Waals surface area contributed by atoms with E-state index in [1.807, 2.05) is 66.4 Å². The Morgan fingerprint density at radius 2 is 1.71 bits per heavy atom. The highest BCUT2D eigenvalue weighted by molar-refractivity contribution is 5.79. The maximum atomic E-state index is 13.5. The molecule has 11 heteroatoms. The average molecular weight is 574 g/mol. The summed E-state index contributed by atoms with van der Waals surface area (Å²) in [7, 11) is 0. The molecule has 1 N–H and O–H groups in total. The molecular formula is C31H30F3N7O. The van der Waals surface area contributed by atoms with Gasteiger partial charge in [0.1, 0.15) is 6.04 Å². The largest absolute Gasteiger partial charge is 0.416 e. The molecule has 8 nitrogen and oxygen atoms in total. The molecule has 3 heterocycles. The second-order valence-corrected chi connectivity index (χ2v) is 10.6. The number of fused-ring (bicyclic) bond motifs is 1. The Labute approximate surface area is 240 Å². The molecule has 1 saturated heterocycles. The number of aromatic amines is 1. The van der Waals surface area contributed by atoms with Crippen LogP contribution in [0.25, 0.3) is 10.9 Å². The number of hydrogen-bond donors (Lipinski definition) is 1. The second kappa shape index (κ2) is 11.4. The number of halogens is 3. The van der Waals surface area contributed by atoms with Gasteiger partial charge in [-0.05, 0) is 71.1 Å². The highest BCUT2D eigenvalue weighted by Gasteiger charge is 2.34. The summed E-state index contributed by atoms with van der Waals surface area (Å²) in [4.78, 5) is 20.6. The fourth-order valence-electron chi connectivity index (χ4n) is 5.61. The molecule has 0 amide bonds. The first-order chi connectivity index (χ1) is 20.3. The number of pyridine rings is 1. The van der Waals surface area contributed by atoms with Gasteiger partial charge in [0.05, 0.1) is 5.56 Å². The lowest BCUT2D eigenvalue weighted by atomic mass is 10.0. The first-order valence-electron chi connectivity index (χ1n) is 13.9. The SMILES string of the molecule is Cc1ccc2[nH]c(=O)c(C(c3nnnn3CCc3ccccc3)N3CCN(c4cccc(C(F)(F)F)c4)CC3)cc2c1. The summed E-state index contributed by atoms with van der Waals surface area (Å²) in [6.45, 7) is 4.48. The predicted molar refractivity (Wildman–Crippen MR) is 154 cm³/mol. The van der Waals surface area contributed by atoms with E-state index in [4.69, 9.17) is 0 Å². The number of alkyl halides is 3. The van der Waals surface area contributed by atoms with Crippen molar-refractivity contribution in [1.82, 2.24) is 30.1 Å². The van der Waals surface area contributed by atoms with Gasteiger partial charge in [-0.3, -0.25) is 9.69 Å².